The number of esters is 1. The van der Waals surface area contributed by atoms with Gasteiger partial charge < -0.3 is 10.1 Å². The number of nitrogens with one attached hydrogen (secondary N) is 1. The van der Waals surface area contributed by atoms with Gasteiger partial charge >= 0.3 is 5.97 Å². The molecule has 0 aromatic heterocycles. The van der Waals surface area contributed by atoms with Gasteiger partial charge in [0, 0.05) is 16.4 Å². The Morgan fingerprint density at radius 3 is 2.62 bits per heavy atom. The number of ether oxygens (including phenoxy) is 1. The molecule has 0 saturated carbocycles. The third-order valence-corrected chi connectivity index (χ3v) is 3.59. The fourth-order valence-corrected chi connectivity index (χ4v) is 2.34. The maximum atomic E-state index is 11.6. The van der Waals surface area contributed by atoms with E-state index < -0.39 is 24.3 Å². The highest BCUT2D eigenvalue weighted by Gasteiger charge is 2.21. The van der Waals surface area contributed by atoms with Crippen molar-refractivity contribution in [1.82, 2.24) is 0 Å². The van der Waals surface area contributed by atoms with Crippen LogP contribution in [0.2, 0.25) is 0 Å². The van der Waals surface area contributed by atoms with Crippen LogP contribution in [0.3, 0.4) is 0 Å². The number of benzene rings is 1. The number of thioether (sulfide) groups is 1. The van der Waals surface area contributed by atoms with Crippen molar-refractivity contribution in [3.8, 4) is 6.07 Å². The fourth-order valence-electron chi connectivity index (χ4n) is 1.49. The van der Waals surface area contributed by atoms with Crippen molar-refractivity contribution >= 4 is 29.2 Å². The van der Waals surface area contributed by atoms with Gasteiger partial charge in [-0.15, -0.1) is 11.8 Å². The molecule has 1 atom stereocenters. The molecule has 1 rings (SSSR count). The van der Waals surface area contributed by atoms with E-state index in [0.717, 1.165) is 4.90 Å². The Morgan fingerprint density at radius 2 is 2.05 bits per heavy atom. The van der Waals surface area contributed by atoms with E-state index in [1.54, 1.807) is 6.07 Å². The summed E-state index contributed by atoms with van der Waals surface area (Å²) in [5.74, 6) is -1.61. The number of Topliss-reactive ketones (excluding diaryl/α,β-unsaturated/α-hetero) is 1. The van der Waals surface area contributed by atoms with E-state index in [1.807, 2.05) is 30.3 Å². The van der Waals surface area contributed by atoms with Gasteiger partial charge in [0.2, 0.25) is 0 Å². The maximum absolute atomic E-state index is 11.6. The molecule has 1 unspecified atom stereocenters. The zero-order valence-electron chi connectivity index (χ0n) is 11.7. The molecule has 0 saturated heterocycles. The summed E-state index contributed by atoms with van der Waals surface area (Å²) < 4.78 is 4.83. The molecule has 6 heteroatoms. The number of rotatable bonds is 8. The van der Waals surface area contributed by atoms with E-state index in [0.29, 0.717) is 5.75 Å². The van der Waals surface area contributed by atoms with Crippen LogP contribution < -0.4 is 0 Å². The number of hydrogen-bond acceptors (Lipinski definition) is 6. The summed E-state index contributed by atoms with van der Waals surface area (Å²) in [7, 11) is 0. The molecular formula is C15H16N2O3S. The Balaban J connectivity index is 2.27. The number of carbonyl (C=O) groups excluding carboxylic acids is 2. The van der Waals surface area contributed by atoms with E-state index >= 15 is 0 Å². The highest BCUT2D eigenvalue weighted by Crippen LogP contribution is 2.17. The van der Waals surface area contributed by atoms with Crippen molar-refractivity contribution in [3.05, 3.63) is 30.3 Å². The second-order valence-corrected chi connectivity index (χ2v) is 5.45. The highest BCUT2D eigenvalue weighted by molar-refractivity contribution is 7.99. The Hall–Kier alpha value is -2.13. The first kappa shape index (κ1) is 16.9. The molecule has 21 heavy (non-hydrogen) atoms. The van der Waals surface area contributed by atoms with E-state index in [9.17, 15) is 9.59 Å². The largest absolute Gasteiger partial charge is 0.458 e. The third-order valence-electron chi connectivity index (χ3n) is 2.58. The van der Waals surface area contributed by atoms with Crippen molar-refractivity contribution in [2.45, 2.75) is 18.2 Å². The molecule has 1 aromatic carbocycles. The van der Waals surface area contributed by atoms with Crippen molar-refractivity contribution in [2.24, 2.45) is 5.92 Å². The minimum Gasteiger partial charge on any atom is -0.458 e. The summed E-state index contributed by atoms with van der Waals surface area (Å²) in [5, 5.41) is 16.0. The van der Waals surface area contributed by atoms with Gasteiger partial charge in [-0.1, -0.05) is 18.2 Å². The van der Waals surface area contributed by atoms with E-state index in [-0.39, 0.29) is 12.1 Å². The molecule has 0 aliphatic carbocycles. The maximum Gasteiger partial charge on any atom is 0.307 e. The minimum absolute atomic E-state index is 0.0433. The predicted molar refractivity (Wildman–Crippen MR) is 80.3 cm³/mol. The first-order chi connectivity index (χ1) is 10.0. The van der Waals surface area contributed by atoms with Crippen LogP contribution in [0, 0.1) is 22.7 Å². The number of nitriles is 1. The summed E-state index contributed by atoms with van der Waals surface area (Å²) in [4.78, 5) is 24.1. The minimum atomic E-state index is -1.13. The summed E-state index contributed by atoms with van der Waals surface area (Å²) in [6.07, 6.45) is 0.188. The highest BCUT2D eigenvalue weighted by atomic mass is 32.2. The average molecular weight is 304 g/mol. The molecule has 0 amide bonds. The molecule has 0 heterocycles. The van der Waals surface area contributed by atoms with Crippen molar-refractivity contribution in [3.63, 3.8) is 0 Å². The zero-order valence-corrected chi connectivity index (χ0v) is 12.5. The van der Waals surface area contributed by atoms with Crippen LogP contribution in [0.1, 0.15) is 13.3 Å². The van der Waals surface area contributed by atoms with Crippen LogP contribution in [0.4, 0.5) is 0 Å². The predicted octanol–water partition coefficient (Wildman–Crippen LogP) is 2.46. The Kier molecular flexibility index (Phi) is 7.19. The van der Waals surface area contributed by atoms with E-state index in [4.69, 9.17) is 15.4 Å². The first-order valence-electron chi connectivity index (χ1n) is 6.35. The molecule has 5 nitrogen and oxygen atoms in total. The zero-order chi connectivity index (χ0) is 15.7. The van der Waals surface area contributed by atoms with Crippen LogP contribution in [-0.2, 0) is 14.3 Å². The van der Waals surface area contributed by atoms with Crippen LogP contribution >= 0.6 is 11.8 Å². The fraction of sp³-hybridized carbons (Fsp3) is 0.333. The second kappa shape index (κ2) is 8.93. The molecule has 0 bridgehead atoms. The molecule has 1 N–H and O–H groups in total. The van der Waals surface area contributed by atoms with Gasteiger partial charge in [-0.25, -0.2) is 0 Å². The van der Waals surface area contributed by atoms with Crippen LogP contribution in [0.15, 0.2) is 35.2 Å². The van der Waals surface area contributed by atoms with Gasteiger partial charge in [0.1, 0.15) is 5.92 Å². The Labute approximate surface area is 127 Å². The molecule has 0 fully saturated rings. The van der Waals surface area contributed by atoms with Crippen molar-refractivity contribution < 1.29 is 14.3 Å². The monoisotopic (exact) mass is 304 g/mol. The van der Waals surface area contributed by atoms with Crippen LogP contribution in [0.5, 0.6) is 0 Å². The Bertz CT molecular complexity index is 552. The van der Waals surface area contributed by atoms with Gasteiger partial charge in [0.25, 0.3) is 0 Å². The third kappa shape index (κ3) is 6.23. The normalized spacial score (nSPS) is 11.2. The lowest BCUT2D eigenvalue weighted by atomic mass is 10.0. The van der Waals surface area contributed by atoms with Gasteiger partial charge in [0.05, 0.1) is 12.5 Å². The molecule has 0 aliphatic heterocycles. The molecule has 110 valence electrons. The van der Waals surface area contributed by atoms with Gasteiger partial charge in [0.15, 0.2) is 12.4 Å². The number of carbonyl (C=O) groups is 2. The molecule has 1 aromatic rings. The van der Waals surface area contributed by atoms with E-state index in [2.05, 4.69) is 0 Å². The number of nitrogens with zero attached hydrogens (tertiary/aromatic N) is 1. The first-order valence-corrected chi connectivity index (χ1v) is 7.34. The molecular weight excluding hydrogens is 288 g/mol. The lowest BCUT2D eigenvalue weighted by molar-refractivity contribution is -0.147. The number of ketones is 1. The quantitative estimate of drug-likeness (QED) is 0.452. The lowest BCUT2D eigenvalue weighted by Gasteiger charge is -2.07. The molecule has 0 radical (unpaired) electrons. The topological polar surface area (TPSA) is 91.0 Å². The second-order valence-electron chi connectivity index (χ2n) is 4.28. The van der Waals surface area contributed by atoms with Crippen molar-refractivity contribution in [1.29, 1.82) is 10.7 Å². The SMILES string of the molecule is CC(=N)C(C#N)C(=O)COC(=O)CCSc1ccccc1. The summed E-state index contributed by atoms with van der Waals surface area (Å²) in [6.45, 7) is 0.924. The van der Waals surface area contributed by atoms with Crippen LogP contribution in [-0.4, -0.2) is 29.8 Å². The van der Waals surface area contributed by atoms with Gasteiger partial charge in [-0.2, -0.15) is 5.26 Å². The van der Waals surface area contributed by atoms with Gasteiger partial charge in [-0.3, -0.25) is 9.59 Å². The van der Waals surface area contributed by atoms with Gasteiger partial charge in [-0.05, 0) is 19.1 Å². The Morgan fingerprint density at radius 1 is 1.38 bits per heavy atom. The summed E-state index contributed by atoms with van der Waals surface area (Å²) in [6, 6.07) is 11.4. The smallest absolute Gasteiger partial charge is 0.307 e. The standard InChI is InChI=1S/C15H16N2O3S/c1-11(17)13(9-16)14(18)10-20-15(19)7-8-21-12-5-3-2-4-6-12/h2-6,13,17H,7-8,10H2,1H3. The summed E-state index contributed by atoms with van der Waals surface area (Å²) >= 11 is 1.53. The number of hydrogen-bond donors (Lipinski definition) is 1. The lowest BCUT2D eigenvalue weighted by Crippen LogP contribution is -2.25. The molecule has 0 aliphatic rings. The van der Waals surface area contributed by atoms with E-state index in [1.165, 1.54) is 18.7 Å². The van der Waals surface area contributed by atoms with Crippen molar-refractivity contribution in [2.75, 3.05) is 12.4 Å². The van der Waals surface area contributed by atoms with Crippen LogP contribution in [0.25, 0.3) is 0 Å². The average Bonchev–Trinajstić information content (AvgIpc) is 2.46. The summed E-state index contributed by atoms with van der Waals surface area (Å²) in [5.41, 5.74) is -0.0433. The molecule has 0 spiro atoms.